The highest BCUT2D eigenvalue weighted by Gasteiger charge is 2.33. The molecule has 0 saturated carbocycles. The van der Waals surface area contributed by atoms with Crippen LogP contribution in [0.5, 0.6) is 11.5 Å². The lowest BCUT2D eigenvalue weighted by atomic mass is 9.88. The summed E-state index contributed by atoms with van der Waals surface area (Å²) in [6.07, 6.45) is 3.72. The molecule has 4 rings (SSSR count). The van der Waals surface area contributed by atoms with Crippen LogP contribution in [0, 0.1) is 11.7 Å². The number of nitrogens with zero attached hydrogens (tertiary/aromatic N) is 3. The molecule has 0 aliphatic carbocycles. The van der Waals surface area contributed by atoms with Gasteiger partial charge in [-0.05, 0) is 100 Å². The molecule has 0 radical (unpaired) electrons. The van der Waals surface area contributed by atoms with Crippen LogP contribution in [0.2, 0.25) is 5.02 Å². The summed E-state index contributed by atoms with van der Waals surface area (Å²) >= 11 is 6.31. The van der Waals surface area contributed by atoms with Gasteiger partial charge in [-0.25, -0.2) is 4.39 Å². The lowest BCUT2D eigenvalue weighted by Crippen LogP contribution is -2.55. The number of hydrogen-bond acceptors (Lipinski definition) is 9. The van der Waals surface area contributed by atoms with Gasteiger partial charge < -0.3 is 41.8 Å². The molecule has 2 atom stereocenters. The maximum Gasteiger partial charge on any atom is 0.239 e. The van der Waals surface area contributed by atoms with Gasteiger partial charge in [0, 0.05) is 49.9 Å². The van der Waals surface area contributed by atoms with Gasteiger partial charge >= 0.3 is 0 Å². The minimum absolute atomic E-state index is 0.00319. The molecule has 0 unspecified atom stereocenters. The fraction of sp³-hybridized carbons (Fsp3) is 0.600. The number of hydrogen-bond donors (Lipinski definition) is 4. The Morgan fingerprint density at radius 3 is 2.48 bits per heavy atom. The van der Waals surface area contributed by atoms with Crippen molar-refractivity contribution >= 4 is 23.4 Å². The minimum atomic E-state index is -0.569. The first-order valence-electron chi connectivity index (χ1n) is 17.2. The van der Waals surface area contributed by atoms with E-state index in [-0.39, 0.29) is 23.5 Å². The molecule has 2 aromatic rings. The molecule has 2 amide bonds. The summed E-state index contributed by atoms with van der Waals surface area (Å²) in [6.45, 7) is 8.98. The number of halogens is 2. The van der Waals surface area contributed by atoms with Gasteiger partial charge in [0.05, 0.1) is 25.2 Å². The average molecular weight is 690 g/mol. The number of ether oxygens (including phenoxy) is 2. The summed E-state index contributed by atoms with van der Waals surface area (Å²) in [5, 5.41) is 3.46. The molecule has 7 N–H and O–H groups in total. The topological polar surface area (TPSA) is 152 Å². The number of carbonyl (C=O) groups is 2. The van der Waals surface area contributed by atoms with Crippen LogP contribution in [0.15, 0.2) is 36.4 Å². The van der Waals surface area contributed by atoms with Gasteiger partial charge in [-0.3, -0.25) is 14.5 Å². The third-order valence-corrected chi connectivity index (χ3v) is 9.54. The molecule has 11 nitrogen and oxygen atoms in total. The third-order valence-electron chi connectivity index (χ3n) is 9.30. The first kappa shape index (κ1) is 37.8. The molecule has 0 spiro atoms. The van der Waals surface area contributed by atoms with E-state index in [4.69, 9.17) is 38.3 Å². The number of carbonyl (C=O) groups excluding carboxylic acids is 2. The number of piperazine rings is 1. The molecule has 266 valence electrons. The summed E-state index contributed by atoms with van der Waals surface area (Å²) in [5.74, 6) is 0.971. The highest BCUT2D eigenvalue weighted by atomic mass is 35.5. The molecule has 2 heterocycles. The summed E-state index contributed by atoms with van der Waals surface area (Å²) in [6, 6.07) is 9.40. The molecule has 2 saturated heterocycles. The standard InChI is InChI=1S/C35H53ClFN7O4/c1-2-47-32-7-3-5-29(37)28(32)24-43-18-20-44(21-19-43)35(46)33(40)25-10-15-42(16-11-25)17-12-26-23-27(36)8-9-31(26)48-22-14-41-34(45)30(39)6-4-13-38/h3,5,7-9,23,25,30,33H,2,4,6,10-22,24,38-40H2,1H3,(H,41,45)/t30-,33+/m0/s1. The van der Waals surface area contributed by atoms with E-state index >= 15 is 0 Å². The van der Waals surface area contributed by atoms with Crippen LogP contribution in [0.1, 0.15) is 43.7 Å². The normalized spacial score (nSPS) is 17.6. The lowest BCUT2D eigenvalue weighted by Gasteiger charge is -2.39. The second-order valence-corrected chi connectivity index (χ2v) is 13.1. The molecular formula is C35H53ClFN7O4. The van der Waals surface area contributed by atoms with Crippen LogP contribution < -0.4 is 32.0 Å². The zero-order valence-corrected chi connectivity index (χ0v) is 28.9. The Bertz CT molecular complexity index is 1320. The van der Waals surface area contributed by atoms with Crippen LogP contribution in [0.25, 0.3) is 0 Å². The van der Waals surface area contributed by atoms with Gasteiger partial charge in [0.2, 0.25) is 11.8 Å². The summed E-state index contributed by atoms with van der Waals surface area (Å²) in [4.78, 5) is 31.9. The van der Waals surface area contributed by atoms with Crippen LogP contribution >= 0.6 is 11.6 Å². The van der Waals surface area contributed by atoms with E-state index in [1.165, 1.54) is 6.07 Å². The number of nitrogens with one attached hydrogen (secondary N) is 1. The number of amides is 2. The van der Waals surface area contributed by atoms with Crippen molar-refractivity contribution in [1.29, 1.82) is 0 Å². The molecule has 2 fully saturated rings. The van der Waals surface area contributed by atoms with Crippen LogP contribution in [0.4, 0.5) is 4.39 Å². The number of benzene rings is 2. The predicted molar refractivity (Wildman–Crippen MR) is 186 cm³/mol. The van der Waals surface area contributed by atoms with Crippen LogP contribution in [-0.4, -0.2) is 111 Å². The molecule has 2 aromatic carbocycles. The van der Waals surface area contributed by atoms with Gasteiger partial charge in [0.15, 0.2) is 0 Å². The van der Waals surface area contributed by atoms with Gasteiger partial charge in [-0.2, -0.15) is 0 Å². The summed E-state index contributed by atoms with van der Waals surface area (Å²) in [7, 11) is 0. The first-order valence-corrected chi connectivity index (χ1v) is 17.6. The van der Waals surface area contributed by atoms with Crippen molar-refractivity contribution < 1.29 is 23.5 Å². The van der Waals surface area contributed by atoms with Gasteiger partial charge in [0.25, 0.3) is 0 Å². The van der Waals surface area contributed by atoms with Crippen molar-refractivity contribution in [3.8, 4) is 11.5 Å². The number of nitrogens with two attached hydrogens (primary N) is 3. The Kier molecular flexibility index (Phi) is 15.2. The Hall–Kier alpha value is -3.00. The first-order chi connectivity index (χ1) is 23.2. The van der Waals surface area contributed by atoms with E-state index in [1.807, 2.05) is 24.0 Å². The van der Waals surface area contributed by atoms with Crippen molar-refractivity contribution in [2.24, 2.45) is 23.1 Å². The second-order valence-electron chi connectivity index (χ2n) is 12.6. The Morgan fingerprint density at radius 2 is 1.77 bits per heavy atom. The molecule has 0 aromatic heterocycles. The van der Waals surface area contributed by atoms with Crippen molar-refractivity contribution in [3.63, 3.8) is 0 Å². The zero-order chi connectivity index (χ0) is 34.5. The second kappa shape index (κ2) is 19.3. The highest BCUT2D eigenvalue weighted by Crippen LogP contribution is 2.27. The smallest absolute Gasteiger partial charge is 0.239 e. The summed E-state index contributed by atoms with van der Waals surface area (Å²) in [5.41, 5.74) is 19.5. The van der Waals surface area contributed by atoms with Crippen LogP contribution in [0.3, 0.4) is 0 Å². The highest BCUT2D eigenvalue weighted by molar-refractivity contribution is 6.30. The Morgan fingerprint density at radius 1 is 1.02 bits per heavy atom. The van der Waals surface area contributed by atoms with E-state index in [9.17, 15) is 14.0 Å². The van der Waals surface area contributed by atoms with Crippen molar-refractivity contribution in [2.45, 2.75) is 57.7 Å². The van der Waals surface area contributed by atoms with Crippen LogP contribution in [-0.2, 0) is 22.6 Å². The molecule has 0 bridgehead atoms. The van der Waals surface area contributed by atoms with Gasteiger partial charge in [0.1, 0.15) is 23.9 Å². The van der Waals surface area contributed by atoms with Crippen molar-refractivity contribution in [1.82, 2.24) is 20.0 Å². The van der Waals surface area contributed by atoms with Crippen molar-refractivity contribution in [3.05, 3.63) is 58.4 Å². The van der Waals surface area contributed by atoms with E-state index in [2.05, 4.69) is 15.1 Å². The maximum absolute atomic E-state index is 14.5. The van der Waals surface area contributed by atoms with Gasteiger partial charge in [-0.15, -0.1) is 0 Å². The number of piperidine rings is 1. The Balaban J connectivity index is 1.18. The van der Waals surface area contributed by atoms with Crippen molar-refractivity contribution in [2.75, 3.05) is 72.1 Å². The van der Waals surface area contributed by atoms with E-state index < -0.39 is 12.1 Å². The molecule has 48 heavy (non-hydrogen) atoms. The molecular weight excluding hydrogens is 637 g/mol. The Labute approximate surface area is 289 Å². The zero-order valence-electron chi connectivity index (χ0n) is 28.2. The maximum atomic E-state index is 14.5. The quantitative estimate of drug-likeness (QED) is 0.184. The fourth-order valence-corrected chi connectivity index (χ4v) is 6.57. The SMILES string of the molecule is CCOc1cccc(F)c1CN1CCN(C(=O)[C@H](N)C2CCN(CCc3cc(Cl)ccc3OCCNC(=O)[C@@H](N)CCCN)CC2)CC1. The summed E-state index contributed by atoms with van der Waals surface area (Å²) < 4.78 is 26.2. The fourth-order valence-electron chi connectivity index (χ4n) is 6.38. The van der Waals surface area contributed by atoms with E-state index in [1.54, 1.807) is 18.2 Å². The molecule has 2 aliphatic heterocycles. The third kappa shape index (κ3) is 11.0. The van der Waals surface area contributed by atoms with E-state index in [0.717, 1.165) is 50.2 Å². The largest absolute Gasteiger partial charge is 0.493 e. The number of rotatable bonds is 17. The molecule has 13 heteroatoms. The van der Waals surface area contributed by atoms with Gasteiger partial charge in [-0.1, -0.05) is 17.7 Å². The van der Waals surface area contributed by atoms with E-state index in [0.29, 0.717) is 88.2 Å². The monoisotopic (exact) mass is 689 g/mol. The number of likely N-dealkylation sites (tertiary alicyclic amines) is 1. The predicted octanol–water partition coefficient (Wildman–Crippen LogP) is 2.37. The minimum Gasteiger partial charge on any atom is -0.493 e. The molecule has 2 aliphatic rings. The lowest BCUT2D eigenvalue weighted by molar-refractivity contribution is -0.136. The average Bonchev–Trinajstić information content (AvgIpc) is 3.10.